The molecule has 0 radical (unpaired) electrons. The zero-order valence-corrected chi connectivity index (χ0v) is 15.4. The van der Waals surface area contributed by atoms with Gasteiger partial charge in [-0.3, -0.25) is 14.7 Å². The van der Waals surface area contributed by atoms with Crippen LogP contribution in [0.15, 0.2) is 18.6 Å². The maximum absolute atomic E-state index is 12.6. The van der Waals surface area contributed by atoms with Crippen LogP contribution in [0, 0.1) is 5.92 Å². The average Bonchev–Trinajstić information content (AvgIpc) is 2.87. The predicted molar refractivity (Wildman–Crippen MR) is 98.9 cm³/mol. The third kappa shape index (κ3) is 5.52. The highest BCUT2D eigenvalue weighted by molar-refractivity contribution is 5.85. The van der Waals surface area contributed by atoms with E-state index >= 15 is 0 Å². The van der Waals surface area contributed by atoms with Crippen LogP contribution in [-0.4, -0.2) is 83.2 Å². The molecule has 140 valence electrons. The molecule has 1 amide bonds. The number of aliphatic hydroxyl groups is 1. The summed E-state index contributed by atoms with van der Waals surface area (Å²) in [5.41, 5.74) is 0. The van der Waals surface area contributed by atoms with Crippen LogP contribution in [0.1, 0.15) is 19.3 Å². The van der Waals surface area contributed by atoms with Crippen molar-refractivity contribution in [3.63, 3.8) is 0 Å². The number of carbonyl (C=O) groups excluding carboxylic acids is 1. The number of aromatic nitrogens is 2. The van der Waals surface area contributed by atoms with Crippen LogP contribution < -0.4 is 4.90 Å². The van der Waals surface area contributed by atoms with Gasteiger partial charge in [-0.1, -0.05) is 6.42 Å². The summed E-state index contributed by atoms with van der Waals surface area (Å²) in [6.07, 6.45) is 8.46. The van der Waals surface area contributed by atoms with Gasteiger partial charge in [0, 0.05) is 51.7 Å². The molecule has 0 bridgehead atoms. The number of hydrogen-bond acceptors (Lipinski definition) is 6. The molecule has 2 fully saturated rings. The number of hydrogen-bond donors (Lipinski definition) is 1. The first-order chi connectivity index (χ1) is 11.8. The Labute approximate surface area is 155 Å². The van der Waals surface area contributed by atoms with Crippen LogP contribution in [0.3, 0.4) is 0 Å². The molecule has 2 aliphatic rings. The third-order valence-electron chi connectivity index (χ3n) is 4.98. The summed E-state index contributed by atoms with van der Waals surface area (Å²) in [6.45, 7) is 5.54. The first-order valence-corrected chi connectivity index (χ1v) is 8.88. The lowest BCUT2D eigenvalue weighted by Gasteiger charge is -2.36. The van der Waals surface area contributed by atoms with Crippen molar-refractivity contribution in [2.24, 2.45) is 5.92 Å². The van der Waals surface area contributed by atoms with Crippen molar-refractivity contribution in [2.45, 2.75) is 19.3 Å². The van der Waals surface area contributed by atoms with E-state index in [1.807, 2.05) is 4.90 Å². The molecule has 0 spiro atoms. The van der Waals surface area contributed by atoms with E-state index in [2.05, 4.69) is 19.8 Å². The van der Waals surface area contributed by atoms with Gasteiger partial charge >= 0.3 is 0 Å². The Bertz CT molecular complexity index is 525. The molecule has 0 aromatic carbocycles. The van der Waals surface area contributed by atoms with Crippen molar-refractivity contribution in [3.8, 4) is 0 Å². The first-order valence-electron chi connectivity index (χ1n) is 8.88. The Balaban J connectivity index is 0.00000225. The van der Waals surface area contributed by atoms with Crippen LogP contribution in [-0.2, 0) is 4.79 Å². The van der Waals surface area contributed by atoms with Gasteiger partial charge in [0.1, 0.15) is 5.82 Å². The van der Waals surface area contributed by atoms with Gasteiger partial charge in [0.15, 0.2) is 0 Å². The van der Waals surface area contributed by atoms with Gasteiger partial charge in [-0.25, -0.2) is 4.98 Å². The SMILES string of the molecule is Cl.O=C(CN1CCCCC(CO)C1)N1CCN(c2cnccn2)CC1. The summed E-state index contributed by atoms with van der Waals surface area (Å²) in [4.78, 5) is 27.4. The highest BCUT2D eigenvalue weighted by Gasteiger charge is 2.25. The van der Waals surface area contributed by atoms with Crippen molar-refractivity contribution >= 4 is 24.1 Å². The lowest BCUT2D eigenvalue weighted by atomic mass is 10.1. The van der Waals surface area contributed by atoms with Gasteiger partial charge in [0.2, 0.25) is 5.91 Å². The predicted octanol–water partition coefficient (Wildman–Crippen LogP) is 0.641. The molecule has 1 N–H and O–H groups in total. The number of carbonyl (C=O) groups is 1. The zero-order valence-electron chi connectivity index (χ0n) is 14.6. The Morgan fingerprint density at radius 3 is 2.64 bits per heavy atom. The molecule has 1 unspecified atom stereocenters. The summed E-state index contributed by atoms with van der Waals surface area (Å²) in [6, 6.07) is 0. The van der Waals surface area contributed by atoms with Gasteiger partial charge in [-0.2, -0.15) is 0 Å². The number of likely N-dealkylation sites (tertiary alicyclic amines) is 1. The van der Waals surface area contributed by atoms with Crippen molar-refractivity contribution in [1.29, 1.82) is 0 Å². The molecule has 1 aromatic rings. The van der Waals surface area contributed by atoms with E-state index in [4.69, 9.17) is 0 Å². The number of aliphatic hydroxyl groups excluding tert-OH is 1. The minimum absolute atomic E-state index is 0. The largest absolute Gasteiger partial charge is 0.396 e. The molecular formula is C17H28ClN5O2. The molecule has 0 saturated carbocycles. The standard InChI is InChI=1S/C17H27N5O2.ClH/c23-14-15-3-1-2-6-20(12-15)13-17(24)22-9-7-21(8-10-22)16-11-18-4-5-19-16;/h4-5,11,15,23H,1-3,6-10,12-14H2;1H. The molecule has 3 heterocycles. The number of amides is 1. The Morgan fingerprint density at radius 2 is 1.96 bits per heavy atom. The second-order valence-corrected chi connectivity index (χ2v) is 6.71. The molecule has 1 atom stereocenters. The van der Waals surface area contributed by atoms with E-state index < -0.39 is 0 Å². The van der Waals surface area contributed by atoms with Crippen molar-refractivity contribution in [1.82, 2.24) is 19.8 Å². The highest BCUT2D eigenvalue weighted by Crippen LogP contribution is 2.16. The quantitative estimate of drug-likeness (QED) is 0.839. The molecule has 1 aromatic heterocycles. The van der Waals surface area contributed by atoms with Crippen LogP contribution in [0.4, 0.5) is 5.82 Å². The molecule has 0 aliphatic carbocycles. The van der Waals surface area contributed by atoms with Crippen molar-refractivity contribution in [2.75, 3.05) is 57.3 Å². The minimum atomic E-state index is 0. The number of nitrogens with zero attached hydrogens (tertiary/aromatic N) is 5. The summed E-state index contributed by atoms with van der Waals surface area (Å²) >= 11 is 0. The van der Waals surface area contributed by atoms with Crippen LogP contribution in [0.5, 0.6) is 0 Å². The van der Waals surface area contributed by atoms with Gasteiger partial charge in [-0.05, 0) is 25.3 Å². The zero-order chi connectivity index (χ0) is 16.8. The fraction of sp³-hybridized carbons (Fsp3) is 0.706. The maximum atomic E-state index is 12.6. The minimum Gasteiger partial charge on any atom is -0.396 e. The molecule has 3 rings (SSSR count). The van der Waals surface area contributed by atoms with Crippen molar-refractivity contribution in [3.05, 3.63) is 18.6 Å². The Hall–Kier alpha value is -1.44. The summed E-state index contributed by atoms with van der Waals surface area (Å²) < 4.78 is 0. The lowest BCUT2D eigenvalue weighted by Crippen LogP contribution is -2.51. The molecule has 8 heteroatoms. The second kappa shape index (κ2) is 9.89. The van der Waals surface area contributed by atoms with E-state index in [9.17, 15) is 9.90 Å². The summed E-state index contributed by atoms with van der Waals surface area (Å²) in [5, 5.41) is 9.42. The van der Waals surface area contributed by atoms with E-state index in [0.29, 0.717) is 12.5 Å². The van der Waals surface area contributed by atoms with Crippen LogP contribution in [0.25, 0.3) is 0 Å². The number of rotatable bonds is 4. The van der Waals surface area contributed by atoms with Crippen LogP contribution >= 0.6 is 12.4 Å². The second-order valence-electron chi connectivity index (χ2n) is 6.71. The van der Waals surface area contributed by atoms with Crippen LogP contribution in [0.2, 0.25) is 0 Å². The maximum Gasteiger partial charge on any atom is 0.236 e. The van der Waals surface area contributed by atoms with E-state index in [1.54, 1.807) is 18.6 Å². The molecule has 25 heavy (non-hydrogen) atoms. The number of anilines is 1. The summed E-state index contributed by atoms with van der Waals surface area (Å²) in [5.74, 6) is 1.39. The normalized spacial score (nSPS) is 22.2. The van der Waals surface area contributed by atoms with Gasteiger partial charge in [0.05, 0.1) is 12.7 Å². The monoisotopic (exact) mass is 369 g/mol. The van der Waals surface area contributed by atoms with Crippen molar-refractivity contribution < 1.29 is 9.90 Å². The first kappa shape index (κ1) is 19.9. The topological polar surface area (TPSA) is 72.8 Å². The van der Waals surface area contributed by atoms with Gasteiger partial charge < -0.3 is 14.9 Å². The van der Waals surface area contributed by atoms with Gasteiger partial charge in [-0.15, -0.1) is 12.4 Å². The molecular weight excluding hydrogens is 342 g/mol. The average molecular weight is 370 g/mol. The fourth-order valence-corrected chi connectivity index (χ4v) is 3.54. The fourth-order valence-electron chi connectivity index (χ4n) is 3.54. The Morgan fingerprint density at radius 1 is 1.16 bits per heavy atom. The smallest absolute Gasteiger partial charge is 0.236 e. The van der Waals surface area contributed by atoms with Gasteiger partial charge in [0.25, 0.3) is 0 Å². The number of halogens is 1. The van der Waals surface area contributed by atoms with E-state index in [-0.39, 0.29) is 24.9 Å². The third-order valence-corrected chi connectivity index (χ3v) is 4.98. The molecule has 2 saturated heterocycles. The number of piperazine rings is 1. The lowest BCUT2D eigenvalue weighted by molar-refractivity contribution is -0.132. The Kier molecular flexibility index (Phi) is 7.87. The summed E-state index contributed by atoms with van der Waals surface area (Å²) in [7, 11) is 0. The van der Waals surface area contributed by atoms with E-state index in [1.165, 1.54) is 0 Å². The molecule has 7 nitrogen and oxygen atoms in total. The highest BCUT2D eigenvalue weighted by atomic mass is 35.5. The molecule has 2 aliphatic heterocycles. The van der Waals surface area contributed by atoms with E-state index in [0.717, 1.165) is 64.3 Å².